The third-order valence-corrected chi connectivity index (χ3v) is 6.75. The number of aryl methyl sites for hydroxylation is 1. The number of hydrogen-bond donors (Lipinski definition) is 2. The van der Waals surface area contributed by atoms with E-state index in [-0.39, 0.29) is 22.3 Å². The molecule has 2 aromatic rings. The second-order valence-electron chi connectivity index (χ2n) is 6.31. The monoisotopic (exact) mass is 436 g/mol. The van der Waals surface area contributed by atoms with Gasteiger partial charge < -0.3 is 10.1 Å². The van der Waals surface area contributed by atoms with Crippen LogP contribution in [0.3, 0.4) is 0 Å². The van der Waals surface area contributed by atoms with Gasteiger partial charge in [-0.2, -0.15) is 0 Å². The molecule has 29 heavy (non-hydrogen) atoms. The maximum atomic E-state index is 12.3. The van der Waals surface area contributed by atoms with Crippen LogP contribution in [0.4, 0.5) is 5.69 Å². The highest BCUT2D eigenvalue weighted by Gasteiger charge is 2.16. The van der Waals surface area contributed by atoms with E-state index < -0.39 is 10.0 Å². The third kappa shape index (κ3) is 6.06. The van der Waals surface area contributed by atoms with E-state index in [9.17, 15) is 18.0 Å². The minimum Gasteiger partial charge on any atom is -0.496 e. The predicted molar refractivity (Wildman–Crippen MR) is 115 cm³/mol. The maximum absolute atomic E-state index is 12.3. The van der Waals surface area contributed by atoms with E-state index >= 15 is 0 Å². The second kappa shape index (κ2) is 9.91. The summed E-state index contributed by atoms with van der Waals surface area (Å²) in [6.45, 7) is 3.19. The van der Waals surface area contributed by atoms with Crippen molar-refractivity contribution >= 4 is 39.2 Å². The molecule has 0 bridgehead atoms. The summed E-state index contributed by atoms with van der Waals surface area (Å²) in [5, 5.41) is 2.71. The van der Waals surface area contributed by atoms with Crippen LogP contribution in [0, 0.1) is 6.92 Å². The van der Waals surface area contributed by atoms with Crippen molar-refractivity contribution in [2.45, 2.75) is 24.5 Å². The Morgan fingerprint density at radius 1 is 1.14 bits per heavy atom. The first-order valence-corrected chi connectivity index (χ1v) is 11.4. The predicted octanol–water partition coefficient (Wildman–Crippen LogP) is 2.99. The molecule has 0 spiro atoms. The van der Waals surface area contributed by atoms with Crippen LogP contribution in [-0.4, -0.2) is 40.0 Å². The molecule has 0 heterocycles. The van der Waals surface area contributed by atoms with Gasteiger partial charge in [0, 0.05) is 22.6 Å². The number of ether oxygens (including phenoxy) is 1. The number of hydrogen-bond acceptors (Lipinski definition) is 6. The number of ketones is 1. The summed E-state index contributed by atoms with van der Waals surface area (Å²) in [5.74, 6) is 1.01. The van der Waals surface area contributed by atoms with E-state index in [0.29, 0.717) is 28.3 Å². The van der Waals surface area contributed by atoms with Crippen LogP contribution in [0.5, 0.6) is 5.75 Å². The van der Waals surface area contributed by atoms with Gasteiger partial charge in [0.25, 0.3) is 0 Å². The standard InChI is InChI=1S/C20H24N2O5S2/c1-13-5-7-17(10-19(13)29(25,26)21-3)22-20(24)12-28-11-16-9-15(14(2)23)6-8-18(16)27-4/h5-10,21H,11-12H2,1-4H3,(H,22,24). The highest BCUT2D eigenvalue weighted by molar-refractivity contribution is 7.99. The van der Waals surface area contributed by atoms with Gasteiger partial charge >= 0.3 is 0 Å². The lowest BCUT2D eigenvalue weighted by Crippen LogP contribution is -2.20. The highest BCUT2D eigenvalue weighted by Crippen LogP contribution is 2.25. The zero-order valence-electron chi connectivity index (χ0n) is 16.7. The van der Waals surface area contributed by atoms with Gasteiger partial charge in [-0.25, -0.2) is 13.1 Å². The number of rotatable bonds is 9. The highest BCUT2D eigenvalue weighted by atomic mass is 32.2. The van der Waals surface area contributed by atoms with E-state index in [0.717, 1.165) is 5.56 Å². The van der Waals surface area contributed by atoms with Crippen LogP contribution >= 0.6 is 11.8 Å². The minimum absolute atomic E-state index is 0.0386. The number of carbonyl (C=O) groups excluding carboxylic acids is 2. The topological polar surface area (TPSA) is 102 Å². The first kappa shape index (κ1) is 22.9. The van der Waals surface area contributed by atoms with Gasteiger partial charge in [0.15, 0.2) is 5.78 Å². The summed E-state index contributed by atoms with van der Waals surface area (Å²) in [6, 6.07) is 9.94. The Labute approximate surface area is 175 Å². The van der Waals surface area contributed by atoms with Crippen molar-refractivity contribution in [1.29, 1.82) is 0 Å². The van der Waals surface area contributed by atoms with Crippen molar-refractivity contribution in [3.63, 3.8) is 0 Å². The van der Waals surface area contributed by atoms with Crippen molar-refractivity contribution < 1.29 is 22.7 Å². The van der Waals surface area contributed by atoms with Crippen molar-refractivity contribution in [2.24, 2.45) is 0 Å². The summed E-state index contributed by atoms with van der Waals surface area (Å²) in [5.41, 5.74) is 2.41. The van der Waals surface area contributed by atoms with E-state index in [4.69, 9.17) is 4.74 Å². The van der Waals surface area contributed by atoms with Crippen LogP contribution in [0.1, 0.15) is 28.4 Å². The molecule has 7 nitrogen and oxygen atoms in total. The van der Waals surface area contributed by atoms with Crippen LogP contribution in [0.15, 0.2) is 41.3 Å². The number of benzene rings is 2. The smallest absolute Gasteiger partial charge is 0.240 e. The van der Waals surface area contributed by atoms with Gasteiger partial charge in [0.05, 0.1) is 17.8 Å². The Balaban J connectivity index is 2.02. The molecule has 0 aromatic heterocycles. The quantitative estimate of drug-likeness (QED) is 0.586. The maximum Gasteiger partial charge on any atom is 0.240 e. The summed E-state index contributed by atoms with van der Waals surface area (Å²) < 4.78 is 31.7. The average molecular weight is 437 g/mol. The van der Waals surface area contributed by atoms with Crippen LogP contribution in [0.25, 0.3) is 0 Å². The fourth-order valence-corrected chi connectivity index (χ4v) is 4.44. The number of Topliss-reactive ketones (excluding diaryl/α,β-unsaturated/α-hetero) is 1. The number of nitrogens with one attached hydrogen (secondary N) is 2. The fraction of sp³-hybridized carbons (Fsp3) is 0.300. The van der Waals surface area contributed by atoms with Crippen molar-refractivity contribution in [1.82, 2.24) is 4.72 Å². The normalized spacial score (nSPS) is 11.2. The van der Waals surface area contributed by atoms with Gasteiger partial charge in [-0.3, -0.25) is 9.59 Å². The van der Waals surface area contributed by atoms with Gasteiger partial charge in [0.1, 0.15) is 5.75 Å². The molecule has 0 fully saturated rings. The average Bonchev–Trinajstić information content (AvgIpc) is 2.69. The molecular formula is C20H24N2O5S2. The molecule has 0 aliphatic rings. The van der Waals surface area contributed by atoms with E-state index in [2.05, 4.69) is 10.0 Å². The molecule has 2 aromatic carbocycles. The van der Waals surface area contributed by atoms with E-state index in [1.54, 1.807) is 44.4 Å². The molecule has 2 N–H and O–H groups in total. The van der Waals surface area contributed by atoms with E-state index in [1.807, 2.05) is 0 Å². The Bertz CT molecular complexity index is 1020. The van der Waals surface area contributed by atoms with Crippen LogP contribution in [0.2, 0.25) is 0 Å². The summed E-state index contributed by atoms with van der Waals surface area (Å²) in [4.78, 5) is 24.0. The largest absolute Gasteiger partial charge is 0.496 e. The van der Waals surface area contributed by atoms with Gasteiger partial charge in [-0.05, 0) is 56.8 Å². The second-order valence-corrected chi connectivity index (χ2v) is 9.15. The molecule has 0 aliphatic heterocycles. The Morgan fingerprint density at radius 2 is 1.86 bits per heavy atom. The Morgan fingerprint density at radius 3 is 2.48 bits per heavy atom. The molecule has 0 atom stereocenters. The number of amides is 1. The zero-order chi connectivity index (χ0) is 21.6. The van der Waals surface area contributed by atoms with Crippen LogP contribution < -0.4 is 14.8 Å². The minimum atomic E-state index is -3.61. The Hall–Kier alpha value is -2.36. The molecule has 156 valence electrons. The summed E-state index contributed by atoms with van der Waals surface area (Å²) >= 11 is 1.37. The van der Waals surface area contributed by atoms with Gasteiger partial charge in [-0.15, -0.1) is 11.8 Å². The number of anilines is 1. The molecule has 0 radical (unpaired) electrons. The first-order chi connectivity index (χ1) is 13.7. The molecule has 2 rings (SSSR count). The third-order valence-electron chi connectivity index (χ3n) is 4.21. The molecule has 0 saturated carbocycles. The molecule has 0 unspecified atom stereocenters. The lowest BCUT2D eigenvalue weighted by molar-refractivity contribution is -0.113. The SMILES string of the molecule is CNS(=O)(=O)c1cc(NC(=O)CSCc2cc(C(C)=O)ccc2OC)ccc1C. The molecule has 0 saturated heterocycles. The lowest BCUT2D eigenvalue weighted by atomic mass is 10.1. The van der Waals surface area contributed by atoms with Crippen molar-refractivity contribution in [3.05, 3.63) is 53.1 Å². The summed E-state index contributed by atoms with van der Waals surface area (Å²) in [6.07, 6.45) is 0. The molecule has 9 heteroatoms. The fourth-order valence-electron chi connectivity index (χ4n) is 2.64. The van der Waals surface area contributed by atoms with Crippen LogP contribution in [-0.2, 0) is 20.6 Å². The van der Waals surface area contributed by atoms with Gasteiger partial charge in [0.2, 0.25) is 15.9 Å². The molecular weight excluding hydrogens is 412 g/mol. The molecule has 1 amide bonds. The number of carbonyl (C=O) groups is 2. The summed E-state index contributed by atoms with van der Waals surface area (Å²) in [7, 11) is -0.714. The Kier molecular flexibility index (Phi) is 7.83. The lowest BCUT2D eigenvalue weighted by Gasteiger charge is -2.11. The number of methoxy groups -OCH3 is 1. The first-order valence-electron chi connectivity index (χ1n) is 8.77. The van der Waals surface area contributed by atoms with Crippen molar-refractivity contribution in [2.75, 3.05) is 25.2 Å². The molecule has 0 aliphatic carbocycles. The number of sulfonamides is 1. The van der Waals surface area contributed by atoms with E-state index in [1.165, 1.54) is 31.8 Å². The van der Waals surface area contributed by atoms with Crippen molar-refractivity contribution in [3.8, 4) is 5.75 Å². The zero-order valence-corrected chi connectivity index (χ0v) is 18.4. The number of thioether (sulfide) groups is 1. The van der Waals surface area contributed by atoms with Gasteiger partial charge in [-0.1, -0.05) is 6.07 Å².